The zero-order chi connectivity index (χ0) is 21.0. The van der Waals surface area contributed by atoms with E-state index in [0.717, 1.165) is 15.7 Å². The van der Waals surface area contributed by atoms with E-state index >= 15 is 0 Å². The molecule has 1 fully saturated rings. The van der Waals surface area contributed by atoms with Crippen molar-refractivity contribution in [2.75, 3.05) is 6.61 Å². The van der Waals surface area contributed by atoms with Crippen molar-refractivity contribution >= 4 is 62.1 Å². The number of aliphatic imine (C=N–C) groups is 1. The van der Waals surface area contributed by atoms with Gasteiger partial charge in [-0.05, 0) is 96.5 Å². The van der Waals surface area contributed by atoms with Gasteiger partial charge in [0.05, 0.1) is 27.8 Å². The first-order chi connectivity index (χ1) is 13.9. The van der Waals surface area contributed by atoms with Crippen LogP contribution in [-0.4, -0.2) is 23.8 Å². The van der Waals surface area contributed by atoms with Gasteiger partial charge in [-0.25, -0.2) is 4.99 Å². The fourth-order valence-electron chi connectivity index (χ4n) is 2.55. The van der Waals surface area contributed by atoms with Gasteiger partial charge in [-0.2, -0.15) is 0 Å². The van der Waals surface area contributed by atoms with E-state index in [9.17, 15) is 4.79 Å². The number of nitrogens with zero attached hydrogens (tertiary/aromatic N) is 1. The summed E-state index contributed by atoms with van der Waals surface area (Å²) in [7, 11) is 0. The maximum Gasteiger partial charge on any atom is 0.264 e. The van der Waals surface area contributed by atoms with Crippen molar-refractivity contribution in [3.05, 3.63) is 56.4 Å². The lowest BCUT2D eigenvalue weighted by Gasteiger charge is -2.17. The number of halogens is 2. The van der Waals surface area contributed by atoms with Crippen molar-refractivity contribution < 1.29 is 14.3 Å². The van der Waals surface area contributed by atoms with Crippen LogP contribution in [0, 0.1) is 0 Å². The van der Waals surface area contributed by atoms with Crippen LogP contribution in [0.3, 0.4) is 0 Å². The molecule has 0 unspecified atom stereocenters. The Balaban J connectivity index is 1.87. The number of carbonyl (C=O) groups excluding carboxylic acids is 1. The van der Waals surface area contributed by atoms with E-state index < -0.39 is 0 Å². The van der Waals surface area contributed by atoms with E-state index in [1.54, 1.807) is 30.3 Å². The summed E-state index contributed by atoms with van der Waals surface area (Å²) >= 11 is 10.7. The number of thioether (sulfide) groups is 1. The summed E-state index contributed by atoms with van der Waals surface area (Å²) in [5.74, 6) is 1.08. The van der Waals surface area contributed by atoms with E-state index in [1.807, 2.05) is 32.9 Å². The summed E-state index contributed by atoms with van der Waals surface area (Å²) in [6.07, 6.45) is 1.81. The molecule has 1 N–H and O–H groups in total. The van der Waals surface area contributed by atoms with Crippen molar-refractivity contribution in [2.24, 2.45) is 4.99 Å². The lowest BCUT2D eigenvalue weighted by Crippen LogP contribution is -2.19. The van der Waals surface area contributed by atoms with Crippen molar-refractivity contribution in [3.63, 3.8) is 0 Å². The average molecular weight is 496 g/mol. The molecule has 0 spiro atoms. The number of hydrogen-bond donors (Lipinski definition) is 1. The van der Waals surface area contributed by atoms with Crippen molar-refractivity contribution in [2.45, 2.75) is 26.9 Å². The molecule has 0 aromatic heterocycles. The highest BCUT2D eigenvalue weighted by Crippen LogP contribution is 2.39. The number of nitrogens with one attached hydrogen (secondary N) is 1. The molecule has 1 saturated heterocycles. The van der Waals surface area contributed by atoms with Crippen molar-refractivity contribution in [1.29, 1.82) is 0 Å². The molecule has 2 aromatic rings. The van der Waals surface area contributed by atoms with E-state index in [2.05, 4.69) is 26.2 Å². The molecule has 29 heavy (non-hydrogen) atoms. The number of carbonyl (C=O) groups is 1. The molecule has 8 heteroatoms. The predicted octanol–water partition coefficient (Wildman–Crippen LogP) is 6.18. The summed E-state index contributed by atoms with van der Waals surface area (Å²) in [6, 6.07) is 10.9. The van der Waals surface area contributed by atoms with Crippen molar-refractivity contribution in [1.82, 2.24) is 5.32 Å². The first-order valence-corrected chi connectivity index (χ1v) is 11.0. The highest BCUT2D eigenvalue weighted by Gasteiger charge is 2.24. The zero-order valence-electron chi connectivity index (χ0n) is 16.2. The maximum atomic E-state index is 12.4. The number of amides is 1. The minimum Gasteiger partial charge on any atom is -0.490 e. The molecule has 1 heterocycles. The third-order valence-electron chi connectivity index (χ3n) is 3.69. The van der Waals surface area contributed by atoms with Gasteiger partial charge in [0.15, 0.2) is 16.7 Å². The molecule has 0 bridgehead atoms. The second-order valence-corrected chi connectivity index (χ2v) is 8.71. The Kier molecular flexibility index (Phi) is 7.27. The molecule has 0 saturated carbocycles. The van der Waals surface area contributed by atoms with Crippen LogP contribution >= 0.6 is 39.3 Å². The Bertz CT molecular complexity index is 975. The maximum absolute atomic E-state index is 12.4. The van der Waals surface area contributed by atoms with Crippen molar-refractivity contribution in [3.8, 4) is 11.5 Å². The Morgan fingerprint density at radius 3 is 2.66 bits per heavy atom. The number of rotatable bonds is 6. The fourth-order valence-corrected chi connectivity index (χ4v) is 4.07. The van der Waals surface area contributed by atoms with E-state index in [0.29, 0.717) is 33.2 Å². The number of hydrogen-bond acceptors (Lipinski definition) is 5. The Morgan fingerprint density at radius 1 is 1.28 bits per heavy atom. The third-order valence-corrected chi connectivity index (χ3v) is 5.44. The summed E-state index contributed by atoms with van der Waals surface area (Å²) in [6.45, 7) is 6.34. The topological polar surface area (TPSA) is 59.9 Å². The number of benzene rings is 2. The molecule has 1 aliphatic rings. The predicted molar refractivity (Wildman–Crippen MR) is 123 cm³/mol. The third kappa shape index (κ3) is 5.78. The van der Waals surface area contributed by atoms with Gasteiger partial charge in [0.25, 0.3) is 5.91 Å². The minimum atomic E-state index is -0.195. The Morgan fingerprint density at radius 2 is 2.00 bits per heavy atom. The molecular formula is C21H20BrClN2O3S. The Labute approximate surface area is 187 Å². The van der Waals surface area contributed by atoms with Crippen LogP contribution in [-0.2, 0) is 4.79 Å². The number of ether oxygens (including phenoxy) is 2. The zero-order valence-corrected chi connectivity index (χ0v) is 19.3. The SMILES string of the molecule is CCOc1cc(/C=C2\SC(=Nc3ccc(Cl)cc3)NC2=O)cc(Br)c1OC(C)C. The van der Waals surface area contributed by atoms with Gasteiger partial charge in [-0.3, -0.25) is 4.79 Å². The molecule has 1 aliphatic heterocycles. The van der Waals surface area contributed by atoms with Crippen LogP contribution in [0.2, 0.25) is 5.02 Å². The molecular weight excluding hydrogens is 476 g/mol. The van der Waals surface area contributed by atoms with Gasteiger partial charge in [0, 0.05) is 5.02 Å². The van der Waals surface area contributed by atoms with Gasteiger partial charge >= 0.3 is 0 Å². The second kappa shape index (κ2) is 9.69. The van der Waals surface area contributed by atoms with Crippen LogP contribution in [0.4, 0.5) is 5.69 Å². The molecule has 2 aromatic carbocycles. The first kappa shape index (κ1) is 21.7. The van der Waals surface area contributed by atoms with Crippen LogP contribution in [0.15, 0.2) is 50.8 Å². The average Bonchev–Trinajstić information content (AvgIpc) is 2.99. The highest BCUT2D eigenvalue weighted by atomic mass is 79.9. The second-order valence-electron chi connectivity index (χ2n) is 6.39. The van der Waals surface area contributed by atoms with E-state index in [-0.39, 0.29) is 12.0 Å². The molecule has 5 nitrogen and oxygen atoms in total. The molecule has 0 atom stereocenters. The summed E-state index contributed by atoms with van der Waals surface area (Å²) in [5, 5.41) is 3.94. The molecule has 152 valence electrons. The summed E-state index contributed by atoms with van der Waals surface area (Å²) in [4.78, 5) is 17.4. The lowest BCUT2D eigenvalue weighted by molar-refractivity contribution is -0.115. The van der Waals surface area contributed by atoms with Gasteiger partial charge < -0.3 is 14.8 Å². The highest BCUT2D eigenvalue weighted by molar-refractivity contribution is 9.10. The molecule has 0 radical (unpaired) electrons. The van der Waals surface area contributed by atoms with Crippen LogP contribution < -0.4 is 14.8 Å². The minimum absolute atomic E-state index is 0.0116. The van der Waals surface area contributed by atoms with Gasteiger partial charge in [-0.1, -0.05) is 11.6 Å². The van der Waals surface area contributed by atoms with Gasteiger partial charge in [0.2, 0.25) is 0 Å². The summed E-state index contributed by atoms with van der Waals surface area (Å²) in [5.41, 5.74) is 1.54. The van der Waals surface area contributed by atoms with E-state index in [1.165, 1.54) is 11.8 Å². The normalized spacial score (nSPS) is 16.6. The Hall–Kier alpha value is -1.96. The molecule has 0 aliphatic carbocycles. The van der Waals surface area contributed by atoms with E-state index in [4.69, 9.17) is 21.1 Å². The molecule has 3 rings (SSSR count). The number of amidine groups is 1. The standard InChI is InChI=1S/C21H20BrClN2O3S/c1-4-27-17-10-13(9-16(22)19(17)28-12(2)3)11-18-20(26)25-21(29-18)24-15-7-5-14(23)6-8-15/h5-12H,4H2,1-3H3,(H,24,25,26)/b18-11-. The quantitative estimate of drug-likeness (QED) is 0.486. The fraction of sp³-hybridized carbons (Fsp3) is 0.238. The smallest absolute Gasteiger partial charge is 0.264 e. The van der Waals surface area contributed by atoms with Gasteiger partial charge in [-0.15, -0.1) is 0 Å². The first-order valence-electron chi connectivity index (χ1n) is 9.04. The monoisotopic (exact) mass is 494 g/mol. The summed E-state index contributed by atoms with van der Waals surface area (Å²) < 4.78 is 12.4. The molecule has 1 amide bonds. The van der Waals surface area contributed by atoms with Crippen LogP contribution in [0.25, 0.3) is 6.08 Å². The van der Waals surface area contributed by atoms with Gasteiger partial charge in [0.1, 0.15) is 0 Å². The van der Waals surface area contributed by atoms with Crippen LogP contribution in [0.1, 0.15) is 26.3 Å². The lowest BCUT2D eigenvalue weighted by atomic mass is 10.2. The largest absolute Gasteiger partial charge is 0.490 e. The van der Waals surface area contributed by atoms with Crippen LogP contribution in [0.5, 0.6) is 11.5 Å².